The Labute approximate surface area is 179 Å². The molecule has 1 amide bonds. The third kappa shape index (κ3) is 4.14. The molecule has 0 saturated carbocycles. The van der Waals surface area contributed by atoms with Gasteiger partial charge in [0.05, 0.1) is 5.69 Å². The monoisotopic (exact) mass is 421 g/mol. The lowest BCUT2D eigenvalue weighted by molar-refractivity contribution is -0.118. The zero-order chi connectivity index (χ0) is 20.9. The lowest BCUT2D eigenvalue weighted by atomic mass is 10.1. The molecule has 1 atom stereocenters. The number of ether oxygens (including phenoxy) is 1. The molecule has 30 heavy (non-hydrogen) atoms. The number of pyridine rings is 1. The number of rotatable bonds is 6. The second kappa shape index (κ2) is 9.21. The van der Waals surface area contributed by atoms with Crippen LogP contribution in [0.4, 0.5) is 5.69 Å². The molecule has 1 aromatic carbocycles. The molecule has 1 aliphatic rings. The quantitative estimate of drug-likeness (QED) is 0.423. The summed E-state index contributed by atoms with van der Waals surface area (Å²) < 4.78 is 6.31. The van der Waals surface area contributed by atoms with Crippen molar-refractivity contribution in [2.45, 2.75) is 44.5 Å². The van der Waals surface area contributed by atoms with Gasteiger partial charge in [-0.05, 0) is 18.6 Å². The molecule has 8 heteroatoms. The number of aromatic nitrogens is 4. The molecule has 0 N–H and O–H groups in total. The van der Waals surface area contributed by atoms with Crippen molar-refractivity contribution in [3.05, 3.63) is 54.4 Å². The number of nitrogens with zero attached hydrogens (tertiary/aromatic N) is 5. The third-order valence-corrected chi connectivity index (χ3v) is 5.72. The maximum absolute atomic E-state index is 12.7. The molecule has 0 saturated heterocycles. The maximum Gasteiger partial charge on any atom is 0.247 e. The molecule has 0 fully saturated rings. The summed E-state index contributed by atoms with van der Waals surface area (Å²) in [6.45, 7) is 3.70. The molecular weight excluding hydrogens is 398 g/mol. The van der Waals surface area contributed by atoms with E-state index in [0.717, 1.165) is 29.7 Å². The van der Waals surface area contributed by atoms with Crippen LogP contribution in [0.25, 0.3) is 11.3 Å². The van der Waals surface area contributed by atoms with Gasteiger partial charge in [-0.15, -0.1) is 10.2 Å². The number of benzene rings is 1. The Balaban J connectivity index is 1.79. The van der Waals surface area contributed by atoms with Crippen LogP contribution in [0.15, 0.2) is 53.9 Å². The van der Waals surface area contributed by atoms with Crippen molar-refractivity contribution >= 4 is 23.4 Å². The van der Waals surface area contributed by atoms with Gasteiger partial charge in [-0.25, -0.2) is 0 Å². The van der Waals surface area contributed by atoms with Crippen molar-refractivity contribution in [3.63, 3.8) is 0 Å². The number of para-hydroxylation sites is 1. The Morgan fingerprint density at radius 1 is 1.17 bits per heavy atom. The zero-order valence-electron chi connectivity index (χ0n) is 17.0. The van der Waals surface area contributed by atoms with Gasteiger partial charge in [0.1, 0.15) is 0 Å². The highest BCUT2D eigenvalue weighted by Crippen LogP contribution is 2.43. The van der Waals surface area contributed by atoms with Crippen LogP contribution in [-0.2, 0) is 4.79 Å². The first-order chi connectivity index (χ1) is 14.7. The molecule has 1 aliphatic heterocycles. The Hall–Kier alpha value is -3.00. The summed E-state index contributed by atoms with van der Waals surface area (Å²) in [5, 5.41) is 9.31. The number of hydrogen-bond acceptors (Lipinski definition) is 7. The molecule has 2 aromatic heterocycles. The van der Waals surface area contributed by atoms with Gasteiger partial charge in [0, 0.05) is 36.2 Å². The van der Waals surface area contributed by atoms with E-state index >= 15 is 0 Å². The molecule has 4 rings (SSSR count). The summed E-state index contributed by atoms with van der Waals surface area (Å²) in [7, 11) is 0. The molecule has 0 unspecified atom stereocenters. The highest BCUT2D eigenvalue weighted by molar-refractivity contribution is 7.99. The first-order valence-corrected chi connectivity index (χ1v) is 11.0. The number of hydrogen-bond donors (Lipinski definition) is 0. The highest BCUT2D eigenvalue weighted by Gasteiger charge is 2.34. The Kier molecular flexibility index (Phi) is 6.23. The molecule has 0 aliphatic carbocycles. The predicted octanol–water partition coefficient (Wildman–Crippen LogP) is 4.66. The van der Waals surface area contributed by atoms with E-state index in [1.165, 1.54) is 13.3 Å². The van der Waals surface area contributed by atoms with Crippen LogP contribution in [0.5, 0.6) is 5.88 Å². The van der Waals surface area contributed by atoms with Crippen molar-refractivity contribution in [1.82, 2.24) is 20.2 Å². The van der Waals surface area contributed by atoms with Crippen molar-refractivity contribution in [2.75, 3.05) is 10.7 Å². The summed E-state index contributed by atoms with van der Waals surface area (Å²) in [6.07, 6.45) is 6.12. The fraction of sp³-hybridized carbons (Fsp3) is 0.318. The zero-order valence-corrected chi connectivity index (χ0v) is 17.8. The minimum atomic E-state index is -0.701. The van der Waals surface area contributed by atoms with Crippen LogP contribution in [0.2, 0.25) is 0 Å². The van der Waals surface area contributed by atoms with E-state index in [0.29, 0.717) is 22.4 Å². The van der Waals surface area contributed by atoms with Crippen LogP contribution in [0, 0.1) is 0 Å². The number of thioether (sulfide) groups is 1. The van der Waals surface area contributed by atoms with Crippen LogP contribution < -0.4 is 9.64 Å². The summed E-state index contributed by atoms with van der Waals surface area (Å²) >= 11 is 1.57. The third-order valence-electron chi connectivity index (χ3n) is 4.80. The summed E-state index contributed by atoms with van der Waals surface area (Å²) in [6, 6.07) is 11.3. The lowest BCUT2D eigenvalue weighted by Crippen LogP contribution is -2.36. The van der Waals surface area contributed by atoms with Gasteiger partial charge >= 0.3 is 0 Å². The molecule has 7 nitrogen and oxygen atoms in total. The molecule has 0 bridgehead atoms. The maximum atomic E-state index is 12.7. The lowest BCUT2D eigenvalue weighted by Gasteiger charge is -2.29. The number of carbonyl (C=O) groups excluding carboxylic acids is 1. The van der Waals surface area contributed by atoms with Crippen molar-refractivity contribution in [2.24, 2.45) is 0 Å². The van der Waals surface area contributed by atoms with Gasteiger partial charge in [-0.3, -0.25) is 14.7 Å². The normalized spacial score (nSPS) is 15.0. The average molecular weight is 422 g/mol. The predicted molar refractivity (Wildman–Crippen MR) is 116 cm³/mol. The summed E-state index contributed by atoms with van der Waals surface area (Å²) in [4.78, 5) is 23.1. The molecule has 154 valence electrons. The second-order valence-corrected chi connectivity index (χ2v) is 8.03. The standard InChI is InChI=1S/C22H23N5O2S/c1-3-4-7-13-30-22-24-20-19(25-26-22)17-10-5-6-11-18(17)27(15(2)28)21(29-20)16-9-8-12-23-14-16/h5-6,8-12,14,21H,3-4,7,13H2,1-2H3/t21-/m1/s1. The van der Waals surface area contributed by atoms with Crippen molar-refractivity contribution in [1.29, 1.82) is 0 Å². The fourth-order valence-corrected chi connectivity index (χ4v) is 4.15. The van der Waals surface area contributed by atoms with Gasteiger partial charge in [-0.2, -0.15) is 4.98 Å². The van der Waals surface area contributed by atoms with E-state index in [-0.39, 0.29) is 5.91 Å². The van der Waals surface area contributed by atoms with Crippen LogP contribution in [0.1, 0.15) is 44.9 Å². The Bertz CT molecular complexity index is 1030. The Morgan fingerprint density at radius 2 is 2.03 bits per heavy atom. The first kappa shape index (κ1) is 20.3. The van der Waals surface area contributed by atoms with Crippen LogP contribution in [0.3, 0.4) is 0 Å². The molecule has 0 spiro atoms. The fourth-order valence-electron chi connectivity index (χ4n) is 3.37. The minimum Gasteiger partial charge on any atom is -0.447 e. The number of amides is 1. The Morgan fingerprint density at radius 3 is 2.80 bits per heavy atom. The number of fused-ring (bicyclic) bond motifs is 3. The van der Waals surface area contributed by atoms with Crippen molar-refractivity contribution < 1.29 is 9.53 Å². The largest absolute Gasteiger partial charge is 0.447 e. The molecule has 0 radical (unpaired) electrons. The van der Waals surface area contributed by atoms with E-state index in [2.05, 4.69) is 27.1 Å². The van der Waals surface area contributed by atoms with E-state index in [9.17, 15) is 4.79 Å². The first-order valence-electron chi connectivity index (χ1n) is 10.0. The van der Waals surface area contributed by atoms with Crippen LogP contribution in [-0.4, -0.2) is 31.8 Å². The highest BCUT2D eigenvalue weighted by atomic mass is 32.2. The van der Waals surface area contributed by atoms with E-state index in [1.54, 1.807) is 29.1 Å². The SMILES string of the molecule is CCCCCSc1nnc2c(n1)O[C@H](c1cccnc1)N(C(C)=O)c1ccccc1-2. The number of anilines is 1. The number of carbonyl (C=O) groups is 1. The smallest absolute Gasteiger partial charge is 0.247 e. The van der Waals surface area contributed by atoms with Crippen molar-refractivity contribution in [3.8, 4) is 17.1 Å². The van der Waals surface area contributed by atoms with E-state index < -0.39 is 6.23 Å². The summed E-state index contributed by atoms with van der Waals surface area (Å²) in [5.41, 5.74) is 2.75. The molecular formula is C22H23N5O2S. The second-order valence-electron chi connectivity index (χ2n) is 6.97. The van der Waals surface area contributed by atoms with Crippen LogP contribution >= 0.6 is 11.8 Å². The van der Waals surface area contributed by atoms with Gasteiger partial charge in [0.15, 0.2) is 5.69 Å². The average Bonchev–Trinajstić information content (AvgIpc) is 2.91. The topological polar surface area (TPSA) is 81.1 Å². The molecule has 3 heterocycles. The van der Waals surface area contributed by atoms with Gasteiger partial charge in [0.25, 0.3) is 0 Å². The van der Waals surface area contributed by atoms with E-state index in [1.807, 2.05) is 36.4 Å². The van der Waals surface area contributed by atoms with E-state index in [4.69, 9.17) is 4.74 Å². The molecule has 3 aromatic rings. The van der Waals surface area contributed by atoms with Gasteiger partial charge < -0.3 is 4.74 Å². The minimum absolute atomic E-state index is 0.147. The van der Waals surface area contributed by atoms with Gasteiger partial charge in [-0.1, -0.05) is 55.8 Å². The number of unbranched alkanes of at least 4 members (excludes halogenated alkanes) is 2. The van der Waals surface area contributed by atoms with Gasteiger partial charge in [0.2, 0.25) is 23.2 Å². The summed E-state index contributed by atoms with van der Waals surface area (Å²) in [5.74, 6) is 1.15.